The number of aromatic nitrogens is 4. The van der Waals surface area contributed by atoms with E-state index in [4.69, 9.17) is 13.9 Å². The Bertz CT molecular complexity index is 2670. The van der Waals surface area contributed by atoms with E-state index in [0.29, 0.717) is 62.9 Å². The monoisotopic (exact) mass is 970 g/mol. The number of aliphatic hydroxyl groups is 1. The number of carbonyl (C=O) groups is 4. The molecule has 0 radical (unpaired) electrons. The predicted octanol–water partition coefficient (Wildman–Crippen LogP) is 5.86. The van der Waals surface area contributed by atoms with Crippen LogP contribution >= 0.6 is 0 Å². The van der Waals surface area contributed by atoms with Crippen LogP contribution in [0.4, 0.5) is 9.59 Å². The van der Waals surface area contributed by atoms with E-state index in [1.54, 1.807) is 44.6 Å². The second-order valence-corrected chi connectivity index (χ2v) is 26.7. The molecule has 2 unspecified atom stereocenters. The van der Waals surface area contributed by atoms with Crippen LogP contribution in [0, 0.1) is 0 Å². The maximum absolute atomic E-state index is 14.1. The van der Waals surface area contributed by atoms with Crippen molar-refractivity contribution in [1.29, 1.82) is 0 Å². The van der Waals surface area contributed by atoms with Gasteiger partial charge in [0.15, 0.2) is 8.32 Å². The maximum atomic E-state index is 14.1. The Labute approximate surface area is 405 Å². The number of hydrogen-bond donors (Lipinski definition) is 1. The molecule has 18 nitrogen and oxygen atoms in total. The fourth-order valence-corrected chi connectivity index (χ4v) is 10.2. The Morgan fingerprint density at radius 3 is 1.39 bits per heavy atom. The van der Waals surface area contributed by atoms with E-state index in [9.17, 15) is 33.9 Å². The van der Waals surface area contributed by atoms with Gasteiger partial charge in [-0.3, -0.25) is 27.9 Å². The molecular weight excluding hydrogens is 901 g/mol. The van der Waals surface area contributed by atoms with Crippen molar-refractivity contribution in [3.63, 3.8) is 0 Å². The molecule has 0 saturated carbocycles. The standard InChI is InChI=1S/C28H42N4O5Si.C22H28N4O5/c1-27(2,3)36-26(35)29-14-15-31-22(19-29)23-24(33)30(16-20-12-10-9-11-13-20)17-21(18-32(23)25(31)34)37-38(7,8)28(4,5)6;1-22(2,3)31-21(30)23-9-10-25-17(14-23)18-19(28)24(11-15-7-5-4-6-8-15)12-16(27)13-26(18)20(25)29/h9-13,21H,14-19H2,1-8H3;4-8,16,27H,9-14H2,1-3H3. The van der Waals surface area contributed by atoms with Crippen LogP contribution < -0.4 is 11.4 Å². The Morgan fingerprint density at radius 2 is 0.986 bits per heavy atom. The van der Waals surface area contributed by atoms with E-state index in [0.717, 1.165) is 11.1 Å². The summed E-state index contributed by atoms with van der Waals surface area (Å²) in [6.07, 6.45) is -2.11. The molecule has 4 amide bonds. The van der Waals surface area contributed by atoms with Crippen LogP contribution in [0.3, 0.4) is 0 Å². The van der Waals surface area contributed by atoms with Crippen LogP contribution in [-0.2, 0) is 66.3 Å². The van der Waals surface area contributed by atoms with Gasteiger partial charge < -0.3 is 38.6 Å². The highest BCUT2D eigenvalue weighted by Gasteiger charge is 2.43. The molecule has 0 fully saturated rings. The van der Waals surface area contributed by atoms with Crippen molar-refractivity contribution in [1.82, 2.24) is 37.9 Å². The summed E-state index contributed by atoms with van der Waals surface area (Å²) in [5.74, 6) is -0.538. The van der Waals surface area contributed by atoms with E-state index in [1.807, 2.05) is 81.4 Å². The first kappa shape index (κ1) is 50.9. The molecule has 4 aromatic rings. The molecule has 2 atom stereocenters. The minimum atomic E-state index is -2.19. The second kappa shape index (κ2) is 19.5. The molecule has 0 saturated heterocycles. The molecule has 0 aliphatic carbocycles. The van der Waals surface area contributed by atoms with Gasteiger partial charge in [0.05, 0.1) is 49.8 Å². The normalized spacial score (nSPS) is 18.8. The number of nitrogens with zero attached hydrogens (tertiary/aromatic N) is 8. The summed E-state index contributed by atoms with van der Waals surface area (Å²) in [5.41, 5.74) is 1.74. The smallest absolute Gasteiger partial charge is 0.410 e. The van der Waals surface area contributed by atoms with Crippen molar-refractivity contribution >= 4 is 32.3 Å². The third-order valence-electron chi connectivity index (χ3n) is 13.1. The number of benzene rings is 2. The van der Waals surface area contributed by atoms with Gasteiger partial charge in [0.2, 0.25) is 0 Å². The first-order chi connectivity index (χ1) is 32.2. The van der Waals surface area contributed by atoms with E-state index in [-0.39, 0.29) is 72.8 Å². The summed E-state index contributed by atoms with van der Waals surface area (Å²) in [6.45, 7) is 24.9. The van der Waals surface area contributed by atoms with Gasteiger partial charge in [0.1, 0.15) is 22.6 Å². The van der Waals surface area contributed by atoms with Gasteiger partial charge in [0, 0.05) is 52.4 Å². The Morgan fingerprint density at radius 1 is 0.580 bits per heavy atom. The summed E-state index contributed by atoms with van der Waals surface area (Å²) in [4.78, 5) is 86.1. The zero-order valence-electron chi connectivity index (χ0n) is 42.1. The number of rotatable bonds is 6. The molecule has 4 aliphatic heterocycles. The molecule has 19 heteroatoms. The second-order valence-electron chi connectivity index (χ2n) is 22.0. The van der Waals surface area contributed by atoms with Crippen molar-refractivity contribution in [2.75, 3.05) is 26.2 Å². The number of aliphatic hydroxyl groups excluding tert-OH is 1. The summed E-state index contributed by atoms with van der Waals surface area (Å²) in [6, 6.07) is 19.4. The van der Waals surface area contributed by atoms with Gasteiger partial charge >= 0.3 is 23.6 Å². The molecule has 374 valence electrons. The van der Waals surface area contributed by atoms with Gasteiger partial charge in [0.25, 0.3) is 11.8 Å². The number of β-amino-alcohol motifs (C(OH)–C–C–N with tert-alkyl or cyclic N) is 1. The molecule has 2 aromatic heterocycles. The van der Waals surface area contributed by atoms with E-state index in [2.05, 4.69) is 33.9 Å². The van der Waals surface area contributed by atoms with Crippen LogP contribution in [0.25, 0.3) is 0 Å². The number of hydrogen-bond acceptors (Lipinski definition) is 10. The molecule has 2 aromatic carbocycles. The molecular formula is C50H70N8O10Si. The SMILES string of the molecule is CC(C)(C)OC(=O)N1CCn2c(c3n(c2=O)CC(O)CN(Cc2ccccc2)C3=O)C1.CC(C)(C)OC(=O)N1CCn2c(c3n(c2=O)CC(O[Si](C)(C)C(C)(C)C)CN(Cc2ccccc2)C3=O)C1. The van der Waals surface area contributed by atoms with Crippen LogP contribution in [0.15, 0.2) is 70.3 Å². The summed E-state index contributed by atoms with van der Waals surface area (Å²) < 4.78 is 24.0. The summed E-state index contributed by atoms with van der Waals surface area (Å²) >= 11 is 0. The average Bonchev–Trinajstić information content (AvgIpc) is 3.57. The Kier molecular flexibility index (Phi) is 14.4. The third-order valence-corrected chi connectivity index (χ3v) is 17.7. The van der Waals surface area contributed by atoms with Crippen molar-refractivity contribution in [2.24, 2.45) is 0 Å². The van der Waals surface area contributed by atoms with Crippen LogP contribution in [0.2, 0.25) is 18.1 Å². The number of amides is 4. The first-order valence-corrected chi connectivity index (χ1v) is 26.7. The lowest BCUT2D eigenvalue weighted by atomic mass is 10.2. The molecule has 6 heterocycles. The van der Waals surface area contributed by atoms with Crippen LogP contribution in [0.5, 0.6) is 0 Å². The average molecular weight is 971 g/mol. The lowest BCUT2D eigenvalue weighted by molar-refractivity contribution is 0.0186. The fourth-order valence-electron chi connectivity index (χ4n) is 8.85. The molecule has 4 aliphatic rings. The van der Waals surface area contributed by atoms with Gasteiger partial charge in [-0.05, 0) is 70.8 Å². The number of carbonyl (C=O) groups excluding carboxylic acids is 4. The predicted molar refractivity (Wildman–Crippen MR) is 261 cm³/mol. The van der Waals surface area contributed by atoms with E-state index >= 15 is 0 Å². The molecule has 0 bridgehead atoms. The quantitative estimate of drug-likeness (QED) is 0.230. The lowest BCUT2D eigenvalue weighted by Gasteiger charge is -2.39. The third kappa shape index (κ3) is 11.4. The first-order valence-electron chi connectivity index (χ1n) is 23.8. The Balaban J connectivity index is 0.000000208. The van der Waals surface area contributed by atoms with Gasteiger partial charge in [-0.2, -0.15) is 0 Å². The summed E-state index contributed by atoms with van der Waals surface area (Å²) in [7, 11) is -2.19. The van der Waals surface area contributed by atoms with Gasteiger partial charge in [-0.15, -0.1) is 0 Å². The molecule has 69 heavy (non-hydrogen) atoms. The number of imidazole rings is 2. The molecule has 0 spiro atoms. The summed E-state index contributed by atoms with van der Waals surface area (Å²) in [5, 5.41) is 10.5. The maximum Gasteiger partial charge on any atom is 0.410 e. The van der Waals surface area contributed by atoms with Crippen LogP contribution in [0.1, 0.15) is 106 Å². The zero-order valence-corrected chi connectivity index (χ0v) is 43.1. The largest absolute Gasteiger partial charge is 0.444 e. The highest BCUT2D eigenvalue weighted by Crippen LogP contribution is 2.38. The highest BCUT2D eigenvalue weighted by molar-refractivity contribution is 6.74. The van der Waals surface area contributed by atoms with Gasteiger partial charge in [-0.25, -0.2) is 19.2 Å². The number of ether oxygens (including phenoxy) is 2. The zero-order chi connectivity index (χ0) is 50.4. The minimum Gasteiger partial charge on any atom is -0.444 e. The number of fused-ring (bicyclic) bond motifs is 6. The minimum absolute atomic E-state index is 0.0186. The lowest BCUT2D eigenvalue weighted by Crippen LogP contribution is -2.48. The fraction of sp³-hybridized carbons (Fsp3) is 0.560. The van der Waals surface area contributed by atoms with Gasteiger partial charge in [-0.1, -0.05) is 81.4 Å². The topological polar surface area (TPSA) is 183 Å². The molecule has 1 N–H and O–H groups in total. The van der Waals surface area contributed by atoms with Crippen molar-refractivity contribution in [3.8, 4) is 0 Å². The van der Waals surface area contributed by atoms with E-state index < -0.39 is 37.8 Å². The Hall–Kier alpha value is -5.92. The van der Waals surface area contributed by atoms with Crippen molar-refractivity contribution in [3.05, 3.63) is 116 Å². The van der Waals surface area contributed by atoms with Crippen molar-refractivity contribution in [2.45, 2.75) is 156 Å². The highest BCUT2D eigenvalue weighted by atomic mass is 28.4. The van der Waals surface area contributed by atoms with Crippen molar-refractivity contribution < 1.29 is 38.2 Å². The van der Waals surface area contributed by atoms with E-state index in [1.165, 1.54) is 14.0 Å². The van der Waals surface area contributed by atoms with Crippen LogP contribution in [-0.4, -0.2) is 125 Å². The molecule has 8 rings (SSSR count).